The monoisotopic (exact) mass is 144 g/mol. The van der Waals surface area contributed by atoms with Crippen LogP contribution in [0.2, 0.25) is 0 Å². The van der Waals surface area contributed by atoms with Gasteiger partial charge < -0.3 is 5.73 Å². The third-order valence-corrected chi connectivity index (χ3v) is 2.06. The molecular formula is C8H20N2. The van der Waals surface area contributed by atoms with Crippen molar-refractivity contribution < 1.29 is 0 Å². The molecule has 0 aromatic rings. The highest BCUT2D eigenvalue weighted by Crippen LogP contribution is 2.12. The molecule has 0 radical (unpaired) electrons. The number of likely N-dealkylation sites (N-methyl/N-ethyl adjacent to an activating group) is 1. The van der Waals surface area contributed by atoms with E-state index >= 15 is 0 Å². The summed E-state index contributed by atoms with van der Waals surface area (Å²) < 4.78 is 0. The van der Waals surface area contributed by atoms with E-state index in [0.29, 0.717) is 6.04 Å². The zero-order valence-electron chi connectivity index (χ0n) is 7.81. The van der Waals surface area contributed by atoms with E-state index in [1.165, 1.54) is 0 Å². The van der Waals surface area contributed by atoms with Crippen molar-refractivity contribution in [2.75, 3.05) is 13.6 Å². The lowest BCUT2D eigenvalue weighted by Crippen LogP contribution is -2.46. The van der Waals surface area contributed by atoms with Crippen LogP contribution in [0.25, 0.3) is 0 Å². The zero-order valence-corrected chi connectivity index (χ0v) is 7.81. The maximum Gasteiger partial charge on any atom is 0.0192 e. The smallest absolute Gasteiger partial charge is 0.0192 e. The Kier molecular flexibility index (Phi) is 3.33. The molecule has 1 atom stereocenters. The molecule has 0 aliphatic rings. The maximum atomic E-state index is 5.53. The highest BCUT2D eigenvalue weighted by atomic mass is 15.2. The molecule has 10 heavy (non-hydrogen) atoms. The summed E-state index contributed by atoms with van der Waals surface area (Å²) in [4.78, 5) is 2.28. The molecule has 0 rings (SSSR count). The van der Waals surface area contributed by atoms with Crippen molar-refractivity contribution in [1.29, 1.82) is 0 Å². The summed E-state index contributed by atoms with van der Waals surface area (Å²) in [6.07, 6.45) is 0. The van der Waals surface area contributed by atoms with Crippen LogP contribution in [0.5, 0.6) is 0 Å². The van der Waals surface area contributed by atoms with Crippen molar-refractivity contribution in [3.8, 4) is 0 Å². The summed E-state index contributed by atoms with van der Waals surface area (Å²) in [7, 11) is 2.11. The van der Waals surface area contributed by atoms with Crippen LogP contribution in [0.1, 0.15) is 27.7 Å². The van der Waals surface area contributed by atoms with Crippen molar-refractivity contribution in [2.45, 2.75) is 39.3 Å². The Morgan fingerprint density at radius 2 is 1.80 bits per heavy atom. The Hall–Kier alpha value is -0.0800. The number of hydrogen-bond acceptors (Lipinski definition) is 2. The van der Waals surface area contributed by atoms with Crippen LogP contribution in [-0.2, 0) is 0 Å². The van der Waals surface area contributed by atoms with Crippen molar-refractivity contribution in [3.05, 3.63) is 0 Å². The molecule has 0 aromatic carbocycles. The van der Waals surface area contributed by atoms with Gasteiger partial charge in [-0.25, -0.2) is 0 Å². The maximum absolute atomic E-state index is 5.53. The minimum Gasteiger partial charge on any atom is -0.329 e. The number of hydrogen-bond donors (Lipinski definition) is 1. The molecule has 2 nitrogen and oxygen atoms in total. The normalized spacial score (nSPS) is 15.9. The molecule has 0 saturated carbocycles. The van der Waals surface area contributed by atoms with Crippen LogP contribution in [0.4, 0.5) is 0 Å². The van der Waals surface area contributed by atoms with Crippen LogP contribution in [-0.4, -0.2) is 30.1 Å². The van der Waals surface area contributed by atoms with Crippen molar-refractivity contribution in [2.24, 2.45) is 5.73 Å². The number of nitrogens with two attached hydrogens (primary N) is 1. The molecule has 0 aromatic heterocycles. The average molecular weight is 144 g/mol. The molecule has 0 amide bonds. The molecular weight excluding hydrogens is 124 g/mol. The van der Waals surface area contributed by atoms with Crippen LogP contribution >= 0.6 is 0 Å². The Bertz CT molecular complexity index is 93.9. The third kappa shape index (κ3) is 2.67. The van der Waals surface area contributed by atoms with Gasteiger partial charge in [0.1, 0.15) is 0 Å². The van der Waals surface area contributed by atoms with Gasteiger partial charge in [0.15, 0.2) is 0 Å². The Labute approximate surface area is 64.4 Å². The van der Waals surface area contributed by atoms with Gasteiger partial charge in [0.05, 0.1) is 0 Å². The third-order valence-electron chi connectivity index (χ3n) is 2.06. The van der Waals surface area contributed by atoms with Gasteiger partial charge in [-0.05, 0) is 34.7 Å². The highest BCUT2D eigenvalue weighted by Gasteiger charge is 2.20. The van der Waals surface area contributed by atoms with E-state index in [1.807, 2.05) is 0 Å². The van der Waals surface area contributed by atoms with E-state index in [1.54, 1.807) is 0 Å². The molecule has 0 bridgehead atoms. The number of rotatable bonds is 2. The van der Waals surface area contributed by atoms with Gasteiger partial charge in [-0.15, -0.1) is 0 Å². The van der Waals surface area contributed by atoms with Crippen molar-refractivity contribution in [1.82, 2.24) is 4.90 Å². The van der Waals surface area contributed by atoms with Gasteiger partial charge in [0.2, 0.25) is 0 Å². The molecule has 1 unspecified atom stereocenters. The fourth-order valence-corrected chi connectivity index (χ4v) is 0.819. The Balaban J connectivity index is 3.94. The van der Waals surface area contributed by atoms with Crippen LogP contribution in [0, 0.1) is 0 Å². The zero-order chi connectivity index (χ0) is 8.36. The minimum atomic E-state index is 0.235. The van der Waals surface area contributed by atoms with Crippen LogP contribution < -0.4 is 5.73 Å². The van der Waals surface area contributed by atoms with E-state index < -0.39 is 0 Å². The summed E-state index contributed by atoms with van der Waals surface area (Å²) >= 11 is 0. The first-order valence-corrected chi connectivity index (χ1v) is 3.82. The summed E-state index contributed by atoms with van der Waals surface area (Å²) in [5.41, 5.74) is 5.76. The predicted molar refractivity (Wildman–Crippen MR) is 46.0 cm³/mol. The molecule has 2 heteroatoms. The van der Waals surface area contributed by atoms with Gasteiger partial charge in [0, 0.05) is 18.1 Å². The van der Waals surface area contributed by atoms with E-state index in [2.05, 4.69) is 39.6 Å². The molecule has 0 aliphatic carbocycles. The number of nitrogens with zero attached hydrogens (tertiary/aromatic N) is 1. The Morgan fingerprint density at radius 1 is 1.40 bits per heavy atom. The van der Waals surface area contributed by atoms with E-state index in [4.69, 9.17) is 5.73 Å². The second-order valence-corrected chi connectivity index (χ2v) is 3.87. The molecule has 2 N–H and O–H groups in total. The second-order valence-electron chi connectivity index (χ2n) is 3.87. The van der Waals surface area contributed by atoms with Gasteiger partial charge >= 0.3 is 0 Å². The first-order valence-electron chi connectivity index (χ1n) is 3.82. The molecule has 0 saturated heterocycles. The fraction of sp³-hybridized carbons (Fsp3) is 1.00. The summed E-state index contributed by atoms with van der Waals surface area (Å²) in [5.74, 6) is 0. The minimum absolute atomic E-state index is 0.235. The standard InChI is InChI=1S/C8H20N2/c1-7(6-9)10(5)8(2,3)4/h7H,6,9H2,1-5H3. The van der Waals surface area contributed by atoms with Crippen molar-refractivity contribution >= 4 is 0 Å². The van der Waals surface area contributed by atoms with E-state index in [-0.39, 0.29) is 5.54 Å². The molecule has 62 valence electrons. The summed E-state index contributed by atoms with van der Waals surface area (Å²) in [6, 6.07) is 0.472. The molecule has 0 aliphatic heterocycles. The lowest BCUT2D eigenvalue weighted by molar-refractivity contribution is 0.130. The van der Waals surface area contributed by atoms with Gasteiger partial charge in [-0.1, -0.05) is 0 Å². The quantitative estimate of drug-likeness (QED) is 0.628. The van der Waals surface area contributed by atoms with E-state index in [0.717, 1.165) is 6.54 Å². The van der Waals surface area contributed by atoms with Crippen molar-refractivity contribution in [3.63, 3.8) is 0 Å². The SMILES string of the molecule is CC(CN)N(C)C(C)(C)C. The summed E-state index contributed by atoms with van der Waals surface area (Å²) in [5, 5.41) is 0. The van der Waals surface area contributed by atoms with Gasteiger partial charge in [-0.2, -0.15) is 0 Å². The topological polar surface area (TPSA) is 29.3 Å². The fourth-order valence-electron chi connectivity index (χ4n) is 0.819. The first-order chi connectivity index (χ1) is 4.39. The second kappa shape index (κ2) is 3.35. The first kappa shape index (κ1) is 9.92. The largest absolute Gasteiger partial charge is 0.329 e. The van der Waals surface area contributed by atoms with Gasteiger partial charge in [-0.3, -0.25) is 4.90 Å². The average Bonchev–Trinajstić information content (AvgIpc) is 1.83. The Morgan fingerprint density at radius 3 is 1.90 bits per heavy atom. The molecule has 0 heterocycles. The van der Waals surface area contributed by atoms with Crippen LogP contribution in [0.15, 0.2) is 0 Å². The molecule has 0 fully saturated rings. The van der Waals surface area contributed by atoms with E-state index in [9.17, 15) is 0 Å². The predicted octanol–water partition coefficient (Wildman–Crippen LogP) is 1.06. The highest BCUT2D eigenvalue weighted by molar-refractivity contribution is 4.77. The lowest BCUT2D eigenvalue weighted by atomic mass is 10.0. The molecule has 0 spiro atoms. The summed E-state index contributed by atoms with van der Waals surface area (Å²) in [6.45, 7) is 9.45. The van der Waals surface area contributed by atoms with Crippen LogP contribution in [0.3, 0.4) is 0 Å². The van der Waals surface area contributed by atoms with Gasteiger partial charge in [0.25, 0.3) is 0 Å². The lowest BCUT2D eigenvalue weighted by Gasteiger charge is -2.36.